The van der Waals surface area contributed by atoms with E-state index in [0.717, 1.165) is 10.0 Å². The summed E-state index contributed by atoms with van der Waals surface area (Å²) in [6, 6.07) is 6.46. The van der Waals surface area contributed by atoms with E-state index in [4.69, 9.17) is 0 Å². The molecule has 124 valence electrons. The van der Waals surface area contributed by atoms with Crippen LogP contribution >= 0.6 is 11.3 Å². The number of nitrogens with one attached hydrogen (secondary N) is 1. The van der Waals surface area contributed by atoms with E-state index in [1.807, 2.05) is 13.0 Å². The first-order chi connectivity index (χ1) is 11.6. The number of benzene rings is 1. The first-order valence-electron chi connectivity index (χ1n) is 7.59. The Labute approximate surface area is 142 Å². The molecule has 0 unspecified atom stereocenters. The Morgan fingerprint density at radius 2 is 2.12 bits per heavy atom. The second-order valence-corrected chi connectivity index (χ2v) is 6.67. The van der Waals surface area contributed by atoms with Crippen LogP contribution in [0.4, 0.5) is 0 Å². The van der Waals surface area contributed by atoms with Crippen LogP contribution in [0, 0.1) is 6.92 Å². The van der Waals surface area contributed by atoms with E-state index >= 15 is 0 Å². The van der Waals surface area contributed by atoms with E-state index < -0.39 is 6.04 Å². The predicted molar refractivity (Wildman–Crippen MR) is 92.1 cm³/mol. The number of hydrogen-bond acceptors (Lipinski definition) is 6. The Balaban J connectivity index is 1.69. The van der Waals surface area contributed by atoms with Crippen molar-refractivity contribution >= 4 is 28.1 Å². The first-order valence-corrected chi connectivity index (χ1v) is 8.40. The molecule has 1 amide bonds. The van der Waals surface area contributed by atoms with Gasteiger partial charge in [0.05, 0.1) is 17.2 Å². The Bertz CT molecular complexity index is 933. The van der Waals surface area contributed by atoms with Crippen molar-refractivity contribution in [2.75, 3.05) is 6.54 Å². The number of fused-ring (bicyclic) bond motifs is 1. The number of para-hydroxylation sites is 1. The van der Waals surface area contributed by atoms with Crippen molar-refractivity contribution in [3.05, 3.63) is 51.0 Å². The fourth-order valence-corrected chi connectivity index (χ4v) is 3.07. The molecule has 0 aliphatic heterocycles. The van der Waals surface area contributed by atoms with Crippen molar-refractivity contribution in [3.8, 4) is 0 Å². The van der Waals surface area contributed by atoms with Gasteiger partial charge in [0.15, 0.2) is 0 Å². The highest BCUT2D eigenvalue weighted by atomic mass is 32.1. The van der Waals surface area contributed by atoms with E-state index in [0.29, 0.717) is 23.9 Å². The molecule has 1 N–H and O–H groups in total. The molecule has 0 saturated carbocycles. The lowest BCUT2D eigenvalue weighted by molar-refractivity contribution is -0.123. The number of hydrogen-bond donors (Lipinski definition) is 1. The zero-order valence-corrected chi connectivity index (χ0v) is 14.2. The van der Waals surface area contributed by atoms with Crippen molar-refractivity contribution in [1.29, 1.82) is 0 Å². The lowest BCUT2D eigenvalue weighted by atomic mass is 10.2. The molecule has 8 heteroatoms. The summed E-state index contributed by atoms with van der Waals surface area (Å²) in [5.74, 6) is -0.226. The summed E-state index contributed by atoms with van der Waals surface area (Å²) >= 11 is 1.51. The van der Waals surface area contributed by atoms with Crippen molar-refractivity contribution in [1.82, 2.24) is 25.1 Å². The third-order valence-corrected chi connectivity index (χ3v) is 4.59. The first kappa shape index (κ1) is 16.3. The molecule has 0 radical (unpaired) electrons. The van der Waals surface area contributed by atoms with Crippen LogP contribution < -0.4 is 10.9 Å². The molecule has 3 rings (SSSR count). The maximum Gasteiger partial charge on any atom is 0.261 e. The topological polar surface area (TPSA) is 89.8 Å². The fraction of sp³-hybridized carbons (Fsp3) is 0.312. The minimum Gasteiger partial charge on any atom is -0.354 e. The zero-order chi connectivity index (χ0) is 17.1. The highest BCUT2D eigenvalue weighted by Gasteiger charge is 2.17. The maximum absolute atomic E-state index is 12.5. The Hall–Kier alpha value is -2.61. The average Bonchev–Trinajstić information content (AvgIpc) is 3.00. The Morgan fingerprint density at radius 1 is 1.33 bits per heavy atom. The van der Waals surface area contributed by atoms with Crippen LogP contribution in [0.1, 0.15) is 23.0 Å². The second-order valence-electron chi connectivity index (χ2n) is 5.41. The van der Waals surface area contributed by atoms with Gasteiger partial charge in [0, 0.05) is 13.0 Å². The molecule has 1 aromatic carbocycles. The van der Waals surface area contributed by atoms with Crippen LogP contribution in [0.15, 0.2) is 35.4 Å². The Morgan fingerprint density at radius 3 is 2.88 bits per heavy atom. The van der Waals surface area contributed by atoms with Gasteiger partial charge in [-0.1, -0.05) is 12.1 Å². The average molecular weight is 343 g/mol. The summed E-state index contributed by atoms with van der Waals surface area (Å²) in [6.07, 6.45) is 2.04. The maximum atomic E-state index is 12.5. The summed E-state index contributed by atoms with van der Waals surface area (Å²) < 4.78 is 1.35. The molecule has 0 spiro atoms. The minimum absolute atomic E-state index is 0.219. The summed E-state index contributed by atoms with van der Waals surface area (Å²) in [4.78, 5) is 29.0. The fourth-order valence-electron chi connectivity index (χ4n) is 2.36. The smallest absolute Gasteiger partial charge is 0.261 e. The second kappa shape index (κ2) is 6.88. The van der Waals surface area contributed by atoms with Gasteiger partial charge in [0.25, 0.3) is 5.56 Å². The quantitative estimate of drug-likeness (QED) is 0.758. The van der Waals surface area contributed by atoms with Gasteiger partial charge < -0.3 is 5.32 Å². The number of aromatic nitrogens is 4. The normalized spacial score (nSPS) is 12.2. The molecular formula is C16H17N5O2S. The van der Waals surface area contributed by atoms with Crippen LogP contribution in [0.3, 0.4) is 0 Å². The largest absolute Gasteiger partial charge is 0.354 e. The van der Waals surface area contributed by atoms with Gasteiger partial charge in [-0.05, 0) is 26.0 Å². The molecule has 0 fully saturated rings. The van der Waals surface area contributed by atoms with Gasteiger partial charge in [-0.25, -0.2) is 4.98 Å². The van der Waals surface area contributed by atoms with Gasteiger partial charge in [-0.3, -0.25) is 14.2 Å². The van der Waals surface area contributed by atoms with Gasteiger partial charge in [-0.2, -0.15) is 0 Å². The molecule has 2 heterocycles. The SMILES string of the molecule is Cc1nnc(CCNC(=O)[C@@H](C)n2cnc3ccccc3c2=O)s1. The molecular weight excluding hydrogens is 326 g/mol. The standard InChI is InChI=1S/C16H17N5O2S/c1-10(15(22)17-8-7-14-20-19-11(2)24-14)21-9-18-13-6-4-3-5-12(13)16(21)23/h3-6,9-10H,7-8H2,1-2H3,(H,17,22)/t10-/m1/s1. The van der Waals surface area contributed by atoms with Crippen molar-refractivity contribution < 1.29 is 4.79 Å². The number of amides is 1. The van der Waals surface area contributed by atoms with E-state index in [-0.39, 0.29) is 11.5 Å². The minimum atomic E-state index is -0.634. The molecule has 0 aliphatic carbocycles. The summed E-state index contributed by atoms with van der Waals surface area (Å²) in [5, 5.41) is 13.1. The van der Waals surface area contributed by atoms with E-state index in [1.165, 1.54) is 22.2 Å². The van der Waals surface area contributed by atoms with Crippen LogP contribution in [0.5, 0.6) is 0 Å². The summed E-state index contributed by atoms with van der Waals surface area (Å²) in [6.45, 7) is 4.02. The molecule has 2 aromatic heterocycles. The highest BCUT2D eigenvalue weighted by Crippen LogP contribution is 2.10. The van der Waals surface area contributed by atoms with Crippen molar-refractivity contribution in [2.45, 2.75) is 26.3 Å². The van der Waals surface area contributed by atoms with Crippen molar-refractivity contribution in [3.63, 3.8) is 0 Å². The summed E-state index contributed by atoms with van der Waals surface area (Å²) in [7, 11) is 0. The van der Waals surface area contributed by atoms with Gasteiger partial charge in [0.2, 0.25) is 5.91 Å². The predicted octanol–water partition coefficient (Wildman–Crippen LogP) is 1.48. The van der Waals surface area contributed by atoms with Crippen LogP contribution in [0.2, 0.25) is 0 Å². The van der Waals surface area contributed by atoms with Crippen molar-refractivity contribution in [2.24, 2.45) is 0 Å². The van der Waals surface area contributed by atoms with Crippen LogP contribution in [0.25, 0.3) is 10.9 Å². The van der Waals surface area contributed by atoms with Crippen LogP contribution in [-0.4, -0.2) is 32.2 Å². The third-order valence-electron chi connectivity index (χ3n) is 3.69. The molecule has 1 atom stereocenters. The monoisotopic (exact) mass is 343 g/mol. The lowest BCUT2D eigenvalue weighted by Crippen LogP contribution is -2.36. The number of rotatable bonds is 5. The van der Waals surface area contributed by atoms with E-state index in [1.54, 1.807) is 25.1 Å². The van der Waals surface area contributed by atoms with Gasteiger partial charge in [0.1, 0.15) is 16.1 Å². The third kappa shape index (κ3) is 3.33. The summed E-state index contributed by atoms with van der Waals surface area (Å²) in [5.41, 5.74) is 0.404. The highest BCUT2D eigenvalue weighted by molar-refractivity contribution is 7.11. The van der Waals surface area contributed by atoms with Gasteiger partial charge >= 0.3 is 0 Å². The number of carbonyl (C=O) groups excluding carboxylic acids is 1. The van der Waals surface area contributed by atoms with E-state index in [9.17, 15) is 9.59 Å². The molecule has 0 saturated heterocycles. The van der Waals surface area contributed by atoms with E-state index in [2.05, 4.69) is 20.5 Å². The molecule has 7 nitrogen and oxygen atoms in total. The van der Waals surface area contributed by atoms with Crippen LogP contribution in [-0.2, 0) is 11.2 Å². The Kier molecular flexibility index (Phi) is 4.66. The number of nitrogens with zero attached hydrogens (tertiary/aromatic N) is 4. The number of carbonyl (C=O) groups is 1. The zero-order valence-electron chi connectivity index (χ0n) is 13.4. The molecule has 0 aliphatic rings. The molecule has 0 bridgehead atoms. The lowest BCUT2D eigenvalue weighted by Gasteiger charge is -2.15. The molecule has 3 aromatic rings. The molecule has 24 heavy (non-hydrogen) atoms. The van der Waals surface area contributed by atoms with Gasteiger partial charge in [-0.15, -0.1) is 21.5 Å². The number of aryl methyl sites for hydroxylation is 1.